The molecule has 0 aromatic carbocycles. The van der Waals surface area contributed by atoms with Crippen LogP contribution in [-0.4, -0.2) is 26.7 Å². The molecule has 3 aromatic heterocycles. The van der Waals surface area contributed by atoms with Crippen LogP contribution in [0.2, 0.25) is 0 Å². The number of halogens is 3. The van der Waals surface area contributed by atoms with Crippen LogP contribution in [0.25, 0.3) is 16.8 Å². The molecule has 0 fully saturated rings. The van der Waals surface area contributed by atoms with Gasteiger partial charge in [0.15, 0.2) is 0 Å². The second kappa shape index (κ2) is 6.36. The van der Waals surface area contributed by atoms with E-state index in [0.29, 0.717) is 16.9 Å². The maximum atomic E-state index is 12.2. The average molecular weight is 351 g/mol. The number of nitrogens with zero attached hydrogens (tertiary/aromatic N) is 3. The molecule has 0 aliphatic carbocycles. The van der Waals surface area contributed by atoms with Crippen LogP contribution in [0.4, 0.5) is 13.2 Å². The summed E-state index contributed by atoms with van der Waals surface area (Å²) in [6.45, 7) is 0.230. The number of pyridine rings is 2. The number of aryl methyl sites for hydroxylation is 2. The Labute approximate surface area is 141 Å². The van der Waals surface area contributed by atoms with Crippen LogP contribution in [0, 0.1) is 6.92 Å². The summed E-state index contributed by atoms with van der Waals surface area (Å²) in [7, 11) is 1.67. The van der Waals surface area contributed by atoms with E-state index in [1.807, 2.05) is 6.07 Å². The maximum absolute atomic E-state index is 12.2. The van der Waals surface area contributed by atoms with Gasteiger partial charge in [-0.15, -0.1) is 0 Å². The summed E-state index contributed by atoms with van der Waals surface area (Å²) in [6.07, 6.45) is 0.612. The first-order chi connectivity index (χ1) is 11.7. The van der Waals surface area contributed by atoms with Crippen molar-refractivity contribution in [2.24, 2.45) is 7.05 Å². The van der Waals surface area contributed by atoms with Gasteiger partial charge in [0.1, 0.15) is 12.3 Å². The van der Waals surface area contributed by atoms with Crippen molar-refractivity contribution >= 4 is 5.65 Å². The normalized spacial score (nSPS) is 12.0. The van der Waals surface area contributed by atoms with Crippen LogP contribution in [0.15, 0.2) is 41.6 Å². The fourth-order valence-electron chi connectivity index (χ4n) is 2.62. The number of fused-ring (bicyclic) bond motifs is 1. The first-order valence-electron chi connectivity index (χ1n) is 7.53. The van der Waals surface area contributed by atoms with Gasteiger partial charge in [-0.05, 0) is 36.2 Å². The Morgan fingerprint density at radius 2 is 1.96 bits per heavy atom. The largest absolute Gasteiger partial charge is 0.411 e. The topological polar surface area (TPSA) is 48.5 Å². The summed E-state index contributed by atoms with van der Waals surface area (Å²) in [5.74, 6) is 0. The van der Waals surface area contributed by atoms with Gasteiger partial charge in [0.05, 0.1) is 18.5 Å². The molecule has 132 valence electrons. The number of hydrogen-bond acceptors (Lipinski definition) is 3. The maximum Gasteiger partial charge on any atom is 0.411 e. The van der Waals surface area contributed by atoms with E-state index in [-0.39, 0.29) is 12.2 Å². The summed E-state index contributed by atoms with van der Waals surface area (Å²) >= 11 is 0. The Morgan fingerprint density at radius 3 is 2.64 bits per heavy atom. The zero-order chi connectivity index (χ0) is 18.2. The average Bonchev–Trinajstić information content (AvgIpc) is 2.93. The van der Waals surface area contributed by atoms with Gasteiger partial charge in [-0.3, -0.25) is 4.79 Å². The molecule has 8 heteroatoms. The molecule has 3 rings (SSSR count). The quantitative estimate of drug-likeness (QED) is 0.726. The predicted molar refractivity (Wildman–Crippen MR) is 86.3 cm³/mol. The van der Waals surface area contributed by atoms with Crippen LogP contribution in [0.5, 0.6) is 0 Å². The lowest BCUT2D eigenvalue weighted by Crippen LogP contribution is -2.18. The van der Waals surface area contributed by atoms with Crippen LogP contribution >= 0.6 is 0 Å². The Hall–Kier alpha value is -2.61. The third-order valence-electron chi connectivity index (χ3n) is 3.79. The zero-order valence-electron chi connectivity index (χ0n) is 13.7. The van der Waals surface area contributed by atoms with Crippen molar-refractivity contribution in [3.05, 3.63) is 58.4 Å². The first kappa shape index (κ1) is 17.2. The number of alkyl halides is 3. The van der Waals surface area contributed by atoms with Crippen LogP contribution in [0.3, 0.4) is 0 Å². The van der Waals surface area contributed by atoms with E-state index in [2.05, 4.69) is 4.98 Å². The number of aromatic nitrogens is 3. The molecule has 0 saturated heterocycles. The van der Waals surface area contributed by atoms with Gasteiger partial charge < -0.3 is 13.7 Å². The minimum Gasteiger partial charge on any atom is -0.366 e. The summed E-state index contributed by atoms with van der Waals surface area (Å²) in [5.41, 5.74) is 3.31. The van der Waals surface area contributed by atoms with Crippen molar-refractivity contribution in [1.82, 2.24) is 14.0 Å². The van der Waals surface area contributed by atoms with E-state index >= 15 is 0 Å². The fraction of sp³-hybridized carbons (Fsp3) is 0.294. The Morgan fingerprint density at radius 1 is 1.20 bits per heavy atom. The summed E-state index contributed by atoms with van der Waals surface area (Å²) < 4.78 is 44.6. The van der Waals surface area contributed by atoms with Crippen molar-refractivity contribution in [2.75, 3.05) is 6.61 Å². The van der Waals surface area contributed by atoms with E-state index in [0.717, 1.165) is 11.1 Å². The molecular weight excluding hydrogens is 335 g/mol. The SMILES string of the molecule is Cc1cc(-c2ccc3ncc(COCC(F)(F)F)n3c2)cn(C)c1=O. The highest BCUT2D eigenvalue weighted by atomic mass is 19.4. The molecule has 0 aliphatic heterocycles. The molecule has 3 aromatic rings. The van der Waals surface area contributed by atoms with Crippen LogP contribution < -0.4 is 5.56 Å². The van der Waals surface area contributed by atoms with Crippen molar-refractivity contribution in [2.45, 2.75) is 19.7 Å². The molecule has 5 nitrogen and oxygen atoms in total. The fourth-order valence-corrected chi connectivity index (χ4v) is 2.62. The molecule has 0 spiro atoms. The van der Waals surface area contributed by atoms with Gasteiger partial charge in [-0.2, -0.15) is 13.2 Å². The number of imidazole rings is 1. The van der Waals surface area contributed by atoms with Gasteiger partial charge >= 0.3 is 6.18 Å². The van der Waals surface area contributed by atoms with Gasteiger partial charge in [0.2, 0.25) is 0 Å². The highest BCUT2D eigenvalue weighted by molar-refractivity contribution is 5.64. The lowest BCUT2D eigenvalue weighted by molar-refractivity contribution is -0.176. The molecule has 25 heavy (non-hydrogen) atoms. The molecular formula is C17H16F3N3O2. The van der Waals surface area contributed by atoms with Crippen molar-refractivity contribution in [3.63, 3.8) is 0 Å². The van der Waals surface area contributed by atoms with Crippen LogP contribution in [0.1, 0.15) is 11.3 Å². The minimum atomic E-state index is -4.36. The molecule has 0 saturated carbocycles. The van der Waals surface area contributed by atoms with Crippen LogP contribution in [-0.2, 0) is 18.4 Å². The Kier molecular flexibility index (Phi) is 4.38. The standard InChI is InChI=1S/C17H16F3N3O2/c1-11-5-13(7-22(2)16(11)24)12-3-4-15-21-6-14(23(15)8-12)9-25-10-17(18,19)20/h3-8H,9-10H2,1-2H3. The Balaban J connectivity index is 1.94. The molecule has 0 aliphatic rings. The van der Waals surface area contributed by atoms with Crippen molar-refractivity contribution < 1.29 is 17.9 Å². The third kappa shape index (κ3) is 3.74. The predicted octanol–water partition coefficient (Wildman–Crippen LogP) is 3.09. The van der Waals surface area contributed by atoms with Gasteiger partial charge in [0, 0.05) is 25.0 Å². The zero-order valence-corrected chi connectivity index (χ0v) is 13.7. The van der Waals surface area contributed by atoms with Gasteiger partial charge in [-0.25, -0.2) is 4.98 Å². The molecule has 0 amide bonds. The lowest BCUT2D eigenvalue weighted by Gasteiger charge is -2.09. The third-order valence-corrected chi connectivity index (χ3v) is 3.79. The number of rotatable bonds is 4. The van der Waals surface area contributed by atoms with E-state index < -0.39 is 12.8 Å². The summed E-state index contributed by atoms with van der Waals surface area (Å²) in [5, 5.41) is 0. The van der Waals surface area contributed by atoms with E-state index in [4.69, 9.17) is 4.74 Å². The van der Waals surface area contributed by atoms with Gasteiger partial charge in [-0.1, -0.05) is 0 Å². The monoisotopic (exact) mass is 351 g/mol. The summed E-state index contributed by atoms with van der Waals surface area (Å²) in [6, 6.07) is 5.39. The second-order valence-electron chi connectivity index (χ2n) is 5.83. The van der Waals surface area contributed by atoms with Crippen molar-refractivity contribution in [3.8, 4) is 11.1 Å². The van der Waals surface area contributed by atoms with E-state index in [9.17, 15) is 18.0 Å². The highest BCUT2D eigenvalue weighted by Gasteiger charge is 2.27. The minimum absolute atomic E-state index is 0.0753. The molecule has 3 heterocycles. The van der Waals surface area contributed by atoms with E-state index in [1.54, 1.807) is 42.9 Å². The van der Waals surface area contributed by atoms with E-state index in [1.165, 1.54) is 10.8 Å². The molecule has 0 radical (unpaired) electrons. The molecule has 0 atom stereocenters. The first-order valence-corrected chi connectivity index (χ1v) is 7.53. The number of hydrogen-bond donors (Lipinski definition) is 0. The van der Waals surface area contributed by atoms with Gasteiger partial charge in [0.25, 0.3) is 5.56 Å². The number of ether oxygens (including phenoxy) is 1. The van der Waals surface area contributed by atoms with Crippen molar-refractivity contribution in [1.29, 1.82) is 0 Å². The molecule has 0 unspecified atom stereocenters. The lowest BCUT2D eigenvalue weighted by atomic mass is 10.1. The second-order valence-corrected chi connectivity index (χ2v) is 5.83. The molecule has 0 N–H and O–H groups in total. The summed E-state index contributed by atoms with van der Waals surface area (Å²) in [4.78, 5) is 16.0. The highest BCUT2D eigenvalue weighted by Crippen LogP contribution is 2.21. The smallest absolute Gasteiger partial charge is 0.366 e. The Bertz CT molecular complexity index is 947. The molecule has 0 bridgehead atoms.